The van der Waals surface area contributed by atoms with E-state index < -0.39 is 0 Å². The molecule has 0 aromatic heterocycles. The van der Waals surface area contributed by atoms with Gasteiger partial charge in [-0.25, -0.2) is 0 Å². The van der Waals surface area contributed by atoms with Crippen molar-refractivity contribution in [1.82, 2.24) is 0 Å². The Kier molecular flexibility index (Phi) is 4.63. The lowest BCUT2D eigenvalue weighted by Crippen LogP contribution is -2.15. The van der Waals surface area contributed by atoms with E-state index in [0.29, 0.717) is 5.92 Å². The van der Waals surface area contributed by atoms with Gasteiger partial charge in [-0.05, 0) is 53.9 Å². The molecule has 0 bridgehead atoms. The number of ether oxygens (including phenoxy) is 1. The summed E-state index contributed by atoms with van der Waals surface area (Å²) in [6.07, 6.45) is 1.05. The first-order valence-corrected chi connectivity index (χ1v) is 6.74. The molecule has 2 aromatic carbocycles. The van der Waals surface area contributed by atoms with Crippen LogP contribution in [0.15, 0.2) is 36.4 Å². The summed E-state index contributed by atoms with van der Waals surface area (Å²) in [4.78, 5) is 0. The number of nitrogens with one attached hydrogen (secondary N) is 1. The normalized spacial score (nSPS) is 12.4. The van der Waals surface area contributed by atoms with Crippen LogP contribution in [-0.2, 0) is 0 Å². The number of hydrogen-bond donors (Lipinski definition) is 2. The molecular formula is C16H22N2O. The lowest BCUT2D eigenvalue weighted by Gasteiger charge is -2.13. The van der Waals surface area contributed by atoms with Gasteiger partial charge < -0.3 is 15.8 Å². The van der Waals surface area contributed by atoms with E-state index in [1.807, 2.05) is 6.07 Å². The van der Waals surface area contributed by atoms with Gasteiger partial charge in [0.15, 0.2) is 0 Å². The second-order valence-electron chi connectivity index (χ2n) is 4.99. The van der Waals surface area contributed by atoms with Crippen molar-refractivity contribution < 1.29 is 4.74 Å². The number of fused-ring (bicyclic) bond motifs is 1. The van der Waals surface area contributed by atoms with Gasteiger partial charge in [-0.2, -0.15) is 0 Å². The van der Waals surface area contributed by atoms with Gasteiger partial charge in [0.1, 0.15) is 5.75 Å². The fraction of sp³-hybridized carbons (Fsp3) is 0.375. The zero-order chi connectivity index (χ0) is 13.7. The van der Waals surface area contributed by atoms with Crippen molar-refractivity contribution >= 4 is 16.5 Å². The first kappa shape index (κ1) is 13.7. The number of anilines is 1. The number of methoxy groups -OCH3 is 1. The van der Waals surface area contributed by atoms with Crippen LogP contribution in [0, 0.1) is 5.92 Å². The minimum atomic E-state index is 0.594. The summed E-state index contributed by atoms with van der Waals surface area (Å²) in [5.41, 5.74) is 6.71. The third kappa shape index (κ3) is 3.61. The third-order valence-electron chi connectivity index (χ3n) is 3.36. The molecular weight excluding hydrogens is 236 g/mol. The number of rotatable bonds is 6. The van der Waals surface area contributed by atoms with Gasteiger partial charge in [0, 0.05) is 12.2 Å². The number of benzene rings is 2. The third-order valence-corrected chi connectivity index (χ3v) is 3.36. The largest absolute Gasteiger partial charge is 0.497 e. The molecule has 0 radical (unpaired) electrons. The molecule has 0 heterocycles. The maximum atomic E-state index is 5.56. The summed E-state index contributed by atoms with van der Waals surface area (Å²) in [6.45, 7) is 3.92. The molecule has 0 fully saturated rings. The first-order valence-electron chi connectivity index (χ1n) is 6.74. The Morgan fingerprint density at radius 3 is 2.63 bits per heavy atom. The Bertz CT molecular complexity index is 539. The number of hydrogen-bond acceptors (Lipinski definition) is 3. The predicted molar refractivity (Wildman–Crippen MR) is 81.8 cm³/mol. The highest BCUT2D eigenvalue weighted by molar-refractivity contribution is 5.86. The monoisotopic (exact) mass is 258 g/mol. The molecule has 0 saturated carbocycles. The number of nitrogens with two attached hydrogens (primary N) is 1. The van der Waals surface area contributed by atoms with Gasteiger partial charge >= 0.3 is 0 Å². The predicted octanol–water partition coefficient (Wildman–Crippen LogP) is 3.25. The molecule has 0 aliphatic carbocycles. The van der Waals surface area contributed by atoms with Crippen LogP contribution in [0.2, 0.25) is 0 Å². The molecule has 2 rings (SSSR count). The minimum absolute atomic E-state index is 0.594. The van der Waals surface area contributed by atoms with Crippen LogP contribution in [0.25, 0.3) is 10.8 Å². The summed E-state index contributed by atoms with van der Waals surface area (Å²) >= 11 is 0. The van der Waals surface area contributed by atoms with E-state index in [9.17, 15) is 0 Å². The fourth-order valence-electron chi connectivity index (χ4n) is 2.14. The molecule has 3 nitrogen and oxygen atoms in total. The highest BCUT2D eigenvalue weighted by Crippen LogP contribution is 2.23. The summed E-state index contributed by atoms with van der Waals surface area (Å²) in [6, 6.07) is 12.5. The Labute approximate surface area is 114 Å². The van der Waals surface area contributed by atoms with E-state index in [1.54, 1.807) is 7.11 Å². The maximum absolute atomic E-state index is 5.56. The van der Waals surface area contributed by atoms with E-state index in [0.717, 1.165) is 30.9 Å². The topological polar surface area (TPSA) is 47.3 Å². The van der Waals surface area contributed by atoms with Crippen molar-refractivity contribution in [3.8, 4) is 5.75 Å². The van der Waals surface area contributed by atoms with Crippen LogP contribution >= 0.6 is 0 Å². The van der Waals surface area contributed by atoms with Crippen LogP contribution in [0.4, 0.5) is 5.69 Å². The van der Waals surface area contributed by atoms with E-state index in [2.05, 4.69) is 42.6 Å². The second kappa shape index (κ2) is 6.43. The SMILES string of the molecule is COc1ccc2cc(NCC(C)CCN)ccc2c1. The van der Waals surface area contributed by atoms with E-state index >= 15 is 0 Å². The smallest absolute Gasteiger partial charge is 0.119 e. The van der Waals surface area contributed by atoms with Crippen molar-refractivity contribution in [2.75, 3.05) is 25.5 Å². The molecule has 2 aromatic rings. The highest BCUT2D eigenvalue weighted by Gasteiger charge is 2.02. The van der Waals surface area contributed by atoms with Crippen LogP contribution in [-0.4, -0.2) is 20.2 Å². The van der Waals surface area contributed by atoms with Gasteiger partial charge in [0.05, 0.1) is 7.11 Å². The lowest BCUT2D eigenvalue weighted by molar-refractivity contribution is 0.415. The summed E-state index contributed by atoms with van der Waals surface area (Å²) in [7, 11) is 1.69. The van der Waals surface area contributed by atoms with Crippen molar-refractivity contribution in [3.05, 3.63) is 36.4 Å². The maximum Gasteiger partial charge on any atom is 0.119 e. The molecule has 0 saturated heterocycles. The zero-order valence-electron chi connectivity index (χ0n) is 11.6. The van der Waals surface area contributed by atoms with Gasteiger partial charge in [-0.3, -0.25) is 0 Å². The summed E-state index contributed by atoms with van der Waals surface area (Å²) in [5.74, 6) is 1.49. The molecule has 1 atom stereocenters. The Morgan fingerprint density at radius 2 is 1.89 bits per heavy atom. The van der Waals surface area contributed by atoms with Gasteiger partial charge in [0.25, 0.3) is 0 Å². The first-order chi connectivity index (χ1) is 9.22. The Morgan fingerprint density at radius 1 is 1.16 bits per heavy atom. The second-order valence-corrected chi connectivity index (χ2v) is 4.99. The zero-order valence-corrected chi connectivity index (χ0v) is 11.6. The quantitative estimate of drug-likeness (QED) is 0.836. The Hall–Kier alpha value is -1.74. The molecule has 102 valence electrons. The van der Waals surface area contributed by atoms with E-state index in [1.165, 1.54) is 10.8 Å². The van der Waals surface area contributed by atoms with E-state index in [4.69, 9.17) is 10.5 Å². The average molecular weight is 258 g/mol. The van der Waals surface area contributed by atoms with Crippen molar-refractivity contribution in [1.29, 1.82) is 0 Å². The highest BCUT2D eigenvalue weighted by atomic mass is 16.5. The molecule has 3 heteroatoms. The standard InChI is InChI=1S/C16H22N2O/c1-12(7-8-17)11-18-15-5-3-14-10-16(19-2)6-4-13(14)9-15/h3-6,9-10,12,18H,7-8,11,17H2,1-2H3. The van der Waals surface area contributed by atoms with Gasteiger partial charge in [0.2, 0.25) is 0 Å². The molecule has 0 aliphatic heterocycles. The lowest BCUT2D eigenvalue weighted by atomic mass is 10.1. The van der Waals surface area contributed by atoms with Crippen molar-refractivity contribution in [2.45, 2.75) is 13.3 Å². The summed E-state index contributed by atoms with van der Waals surface area (Å²) in [5, 5.41) is 5.88. The minimum Gasteiger partial charge on any atom is -0.497 e. The van der Waals surface area contributed by atoms with Crippen LogP contribution in [0.3, 0.4) is 0 Å². The molecule has 0 aliphatic rings. The average Bonchev–Trinajstić information content (AvgIpc) is 2.44. The molecule has 0 spiro atoms. The Balaban J connectivity index is 2.09. The van der Waals surface area contributed by atoms with Crippen molar-refractivity contribution in [2.24, 2.45) is 11.7 Å². The van der Waals surface area contributed by atoms with Gasteiger partial charge in [-0.1, -0.05) is 19.1 Å². The van der Waals surface area contributed by atoms with Crippen LogP contribution < -0.4 is 15.8 Å². The molecule has 0 amide bonds. The summed E-state index contributed by atoms with van der Waals surface area (Å²) < 4.78 is 5.23. The van der Waals surface area contributed by atoms with Gasteiger partial charge in [-0.15, -0.1) is 0 Å². The molecule has 19 heavy (non-hydrogen) atoms. The molecule has 3 N–H and O–H groups in total. The van der Waals surface area contributed by atoms with Crippen LogP contribution in [0.5, 0.6) is 5.75 Å². The van der Waals surface area contributed by atoms with E-state index in [-0.39, 0.29) is 0 Å². The van der Waals surface area contributed by atoms with Crippen LogP contribution in [0.1, 0.15) is 13.3 Å². The fourth-order valence-corrected chi connectivity index (χ4v) is 2.14. The molecule has 1 unspecified atom stereocenters. The van der Waals surface area contributed by atoms with Crippen molar-refractivity contribution in [3.63, 3.8) is 0 Å².